The second kappa shape index (κ2) is 3.66. The minimum Gasteiger partial charge on any atom is -0.496 e. The molecule has 4 nitrogen and oxygen atoms in total. The van der Waals surface area contributed by atoms with Crippen LogP contribution in [0.2, 0.25) is 0 Å². The first kappa shape index (κ1) is 9.85. The van der Waals surface area contributed by atoms with Gasteiger partial charge in [0.2, 0.25) is 0 Å². The van der Waals surface area contributed by atoms with Gasteiger partial charge >= 0.3 is 5.97 Å². The quantitative estimate of drug-likeness (QED) is 0.779. The van der Waals surface area contributed by atoms with Gasteiger partial charge in [-0.15, -0.1) is 0 Å². The Morgan fingerprint density at radius 1 is 1.62 bits per heavy atom. The molecular weight excluding hydrogens is 238 g/mol. The molecule has 0 fully saturated rings. The molecule has 3 N–H and O–H groups in total. The van der Waals surface area contributed by atoms with Gasteiger partial charge in [0.1, 0.15) is 11.3 Å². The molecule has 5 heteroatoms. The van der Waals surface area contributed by atoms with Crippen LogP contribution >= 0.6 is 15.9 Å². The van der Waals surface area contributed by atoms with Crippen molar-refractivity contribution in [2.75, 3.05) is 12.8 Å². The van der Waals surface area contributed by atoms with Gasteiger partial charge < -0.3 is 15.6 Å². The van der Waals surface area contributed by atoms with E-state index >= 15 is 0 Å². The van der Waals surface area contributed by atoms with Crippen molar-refractivity contribution in [3.8, 4) is 5.75 Å². The molecule has 0 aliphatic heterocycles. The topological polar surface area (TPSA) is 72.5 Å². The number of methoxy groups -OCH3 is 1. The number of carboxylic acid groups (broad SMARTS) is 1. The number of rotatable bonds is 2. The van der Waals surface area contributed by atoms with Crippen LogP contribution in [-0.4, -0.2) is 18.2 Å². The molecule has 0 amide bonds. The summed E-state index contributed by atoms with van der Waals surface area (Å²) in [7, 11) is 1.41. The largest absolute Gasteiger partial charge is 0.496 e. The summed E-state index contributed by atoms with van der Waals surface area (Å²) in [5, 5.41) is 8.76. The van der Waals surface area contributed by atoms with E-state index in [1.54, 1.807) is 0 Å². The van der Waals surface area contributed by atoms with E-state index in [1.165, 1.54) is 19.2 Å². The van der Waals surface area contributed by atoms with Crippen molar-refractivity contribution < 1.29 is 14.6 Å². The lowest BCUT2D eigenvalue weighted by molar-refractivity contribution is 0.0693. The fourth-order valence-electron chi connectivity index (χ4n) is 0.908. The molecule has 1 aromatic carbocycles. The number of carboxylic acids is 1. The van der Waals surface area contributed by atoms with Crippen LogP contribution in [0.4, 0.5) is 5.69 Å². The Hall–Kier alpha value is -1.23. The standard InChI is InChI=1S/C8H8BrNO3/c1-13-7-3-5(9)6(10)2-4(7)8(11)12/h2-3H,10H2,1H3,(H,11,12). The van der Waals surface area contributed by atoms with E-state index in [2.05, 4.69) is 15.9 Å². The van der Waals surface area contributed by atoms with Crippen molar-refractivity contribution in [2.24, 2.45) is 0 Å². The van der Waals surface area contributed by atoms with E-state index in [9.17, 15) is 4.79 Å². The lowest BCUT2D eigenvalue weighted by atomic mass is 10.2. The van der Waals surface area contributed by atoms with Crippen molar-refractivity contribution >= 4 is 27.6 Å². The summed E-state index contributed by atoms with van der Waals surface area (Å²) in [4.78, 5) is 10.7. The number of nitrogen functional groups attached to an aromatic ring is 1. The van der Waals surface area contributed by atoms with Gasteiger partial charge in [0.05, 0.1) is 7.11 Å². The van der Waals surface area contributed by atoms with Crippen LogP contribution in [0.25, 0.3) is 0 Å². The van der Waals surface area contributed by atoms with Gasteiger partial charge in [-0.3, -0.25) is 0 Å². The molecular formula is C8H8BrNO3. The van der Waals surface area contributed by atoms with Gasteiger partial charge in [-0.05, 0) is 28.1 Å². The summed E-state index contributed by atoms with van der Waals surface area (Å²) in [6.45, 7) is 0. The average molecular weight is 246 g/mol. The first-order valence-electron chi connectivity index (χ1n) is 3.42. The lowest BCUT2D eigenvalue weighted by Crippen LogP contribution is -2.02. The maximum Gasteiger partial charge on any atom is 0.339 e. The second-order valence-corrected chi connectivity index (χ2v) is 3.23. The molecule has 70 valence electrons. The fourth-order valence-corrected chi connectivity index (χ4v) is 1.23. The molecule has 0 saturated carbocycles. The number of benzene rings is 1. The van der Waals surface area contributed by atoms with Gasteiger partial charge in [0.25, 0.3) is 0 Å². The van der Waals surface area contributed by atoms with E-state index in [-0.39, 0.29) is 11.3 Å². The van der Waals surface area contributed by atoms with Crippen molar-refractivity contribution in [1.29, 1.82) is 0 Å². The molecule has 1 rings (SSSR count). The van der Waals surface area contributed by atoms with E-state index in [1.807, 2.05) is 0 Å². The number of carbonyl (C=O) groups is 1. The van der Waals surface area contributed by atoms with Crippen LogP contribution in [0, 0.1) is 0 Å². The number of hydrogen-bond acceptors (Lipinski definition) is 3. The molecule has 0 aliphatic rings. The molecule has 1 aromatic rings. The number of anilines is 1. The van der Waals surface area contributed by atoms with E-state index in [0.717, 1.165) is 0 Å². The maximum absolute atomic E-state index is 10.7. The predicted octanol–water partition coefficient (Wildman–Crippen LogP) is 1.74. The molecule has 0 saturated heterocycles. The Kier molecular flexibility index (Phi) is 2.77. The van der Waals surface area contributed by atoms with Crippen LogP contribution in [0.5, 0.6) is 5.75 Å². The number of halogens is 1. The third-order valence-electron chi connectivity index (χ3n) is 1.55. The number of nitrogens with two attached hydrogens (primary N) is 1. The molecule has 0 bridgehead atoms. The van der Waals surface area contributed by atoms with Gasteiger partial charge in [0.15, 0.2) is 0 Å². The SMILES string of the molecule is COc1cc(Br)c(N)cc1C(=O)O. The van der Waals surface area contributed by atoms with Gasteiger partial charge in [-0.1, -0.05) is 0 Å². The summed E-state index contributed by atoms with van der Waals surface area (Å²) in [5.74, 6) is -0.773. The van der Waals surface area contributed by atoms with Crippen LogP contribution < -0.4 is 10.5 Å². The second-order valence-electron chi connectivity index (χ2n) is 2.38. The molecule has 0 aromatic heterocycles. The lowest BCUT2D eigenvalue weighted by Gasteiger charge is -2.06. The fraction of sp³-hybridized carbons (Fsp3) is 0.125. The highest BCUT2D eigenvalue weighted by molar-refractivity contribution is 9.10. The molecule has 0 unspecified atom stereocenters. The van der Waals surface area contributed by atoms with Crippen LogP contribution in [0.3, 0.4) is 0 Å². The molecule has 0 radical (unpaired) electrons. The Morgan fingerprint density at radius 3 is 2.69 bits per heavy atom. The van der Waals surface area contributed by atoms with Crippen molar-refractivity contribution in [2.45, 2.75) is 0 Å². The summed E-state index contributed by atoms with van der Waals surface area (Å²) >= 11 is 3.17. The Morgan fingerprint density at radius 2 is 2.23 bits per heavy atom. The highest BCUT2D eigenvalue weighted by Gasteiger charge is 2.12. The minimum absolute atomic E-state index is 0.0585. The zero-order valence-electron chi connectivity index (χ0n) is 6.87. The predicted molar refractivity (Wildman–Crippen MR) is 52.1 cm³/mol. The van der Waals surface area contributed by atoms with Crippen LogP contribution in [0.15, 0.2) is 16.6 Å². The average Bonchev–Trinajstić information content (AvgIpc) is 2.08. The molecule has 13 heavy (non-hydrogen) atoms. The number of ether oxygens (including phenoxy) is 1. The van der Waals surface area contributed by atoms with Crippen LogP contribution in [-0.2, 0) is 0 Å². The third kappa shape index (κ3) is 1.92. The monoisotopic (exact) mass is 245 g/mol. The molecule has 0 aliphatic carbocycles. The number of aromatic carboxylic acids is 1. The first-order chi connectivity index (χ1) is 6.06. The molecule has 0 heterocycles. The van der Waals surface area contributed by atoms with E-state index in [4.69, 9.17) is 15.6 Å². The van der Waals surface area contributed by atoms with Gasteiger partial charge in [-0.25, -0.2) is 4.79 Å². The van der Waals surface area contributed by atoms with Crippen molar-refractivity contribution in [3.63, 3.8) is 0 Å². The highest BCUT2D eigenvalue weighted by atomic mass is 79.9. The van der Waals surface area contributed by atoms with E-state index in [0.29, 0.717) is 10.2 Å². The summed E-state index contributed by atoms with van der Waals surface area (Å²) in [5.41, 5.74) is 5.95. The molecule has 0 spiro atoms. The zero-order valence-corrected chi connectivity index (χ0v) is 8.46. The van der Waals surface area contributed by atoms with Crippen molar-refractivity contribution in [3.05, 3.63) is 22.2 Å². The van der Waals surface area contributed by atoms with Crippen molar-refractivity contribution in [1.82, 2.24) is 0 Å². The Bertz CT molecular complexity index is 351. The zero-order chi connectivity index (χ0) is 10.0. The normalized spacial score (nSPS) is 9.69. The Labute approximate surface area is 83.4 Å². The Balaban J connectivity index is 3.33. The number of hydrogen-bond donors (Lipinski definition) is 2. The van der Waals surface area contributed by atoms with Gasteiger partial charge in [-0.2, -0.15) is 0 Å². The highest BCUT2D eigenvalue weighted by Crippen LogP contribution is 2.28. The summed E-state index contributed by atoms with van der Waals surface area (Å²) in [6.07, 6.45) is 0. The smallest absolute Gasteiger partial charge is 0.339 e. The van der Waals surface area contributed by atoms with Gasteiger partial charge in [0, 0.05) is 10.2 Å². The molecule has 0 atom stereocenters. The summed E-state index contributed by atoms with van der Waals surface area (Å²) in [6, 6.07) is 2.88. The summed E-state index contributed by atoms with van der Waals surface area (Å²) < 4.78 is 5.50. The van der Waals surface area contributed by atoms with Crippen LogP contribution in [0.1, 0.15) is 10.4 Å². The first-order valence-corrected chi connectivity index (χ1v) is 4.22. The minimum atomic E-state index is -1.06. The van der Waals surface area contributed by atoms with E-state index < -0.39 is 5.97 Å². The third-order valence-corrected chi connectivity index (χ3v) is 2.24. The maximum atomic E-state index is 10.7.